The first kappa shape index (κ1) is 33.6. The molecule has 3 aromatic carbocycles. The fourth-order valence-corrected chi connectivity index (χ4v) is 6.11. The largest absolute Gasteiger partial charge is 1.00 e. The van der Waals surface area contributed by atoms with E-state index in [-0.39, 0.29) is 60.2 Å². The number of hydrogen-bond acceptors (Lipinski definition) is 5. The summed E-state index contributed by atoms with van der Waals surface area (Å²) in [6, 6.07) is 23.7. The minimum Gasteiger partial charge on any atom is -0.550 e. The monoisotopic (exact) mass is 606 g/mol. The van der Waals surface area contributed by atoms with E-state index in [1.54, 1.807) is 12.1 Å². The summed E-state index contributed by atoms with van der Waals surface area (Å²) < 4.78 is 16.1. The van der Waals surface area contributed by atoms with Crippen LogP contribution in [-0.2, 0) is 24.3 Å². The molecule has 0 fully saturated rings. The molecule has 44 heavy (non-hydrogen) atoms. The number of benzene rings is 3. The van der Waals surface area contributed by atoms with Crippen LogP contribution in [0, 0.1) is 5.82 Å². The Morgan fingerprint density at radius 3 is 1.98 bits per heavy atom. The molecule has 1 aromatic heterocycles. The van der Waals surface area contributed by atoms with Crippen LogP contribution in [0.25, 0.3) is 22.3 Å². The molecule has 9 heteroatoms. The molecule has 5 rings (SSSR count). The summed E-state index contributed by atoms with van der Waals surface area (Å²) in [6.45, 7) is 4.98. The molecular weight excluding hydrogens is 570 g/mol. The van der Waals surface area contributed by atoms with Gasteiger partial charge in [0.2, 0.25) is 0 Å². The van der Waals surface area contributed by atoms with E-state index in [1.165, 1.54) is 12.1 Å². The number of rotatable bonds is 11. The third kappa shape index (κ3) is 7.33. The number of aromatic nitrogens is 1. The Labute approximate surface area is 279 Å². The summed E-state index contributed by atoms with van der Waals surface area (Å²) in [7, 11) is 0. The molecule has 0 aliphatic carbocycles. The smallest absolute Gasteiger partial charge is 0.550 e. The maximum absolute atomic E-state index is 14.6. The van der Waals surface area contributed by atoms with Crippen LogP contribution in [0.4, 0.5) is 4.39 Å². The molecule has 1 aliphatic heterocycles. The average Bonchev–Trinajstić information content (AvgIpc) is 3.56. The van der Waals surface area contributed by atoms with Crippen molar-refractivity contribution in [3.05, 3.63) is 107 Å². The van der Waals surface area contributed by atoms with Crippen molar-refractivity contribution in [3.8, 4) is 22.3 Å². The number of fused-ring (bicyclic) bond motifs is 1. The predicted molar refractivity (Wildman–Crippen MR) is 160 cm³/mol. The molecule has 0 saturated heterocycles. The Balaban J connectivity index is 0.00000442. The SMILES string of the molecule is CC(C)n1c(CC[C@@H](O)C[C@@H](O)CC(=O)[O-])c(-c2ccc(F)cc2)c(-c2ccccc2)c1C(=O)N1Cc2ccccc2C1.[Na+]. The minimum absolute atomic E-state index is 0. The average molecular weight is 607 g/mol. The van der Waals surface area contributed by atoms with E-state index in [2.05, 4.69) is 0 Å². The molecule has 0 unspecified atom stereocenters. The first-order valence-electron chi connectivity index (χ1n) is 14.6. The number of hydrogen-bond donors (Lipinski definition) is 2. The fraction of sp³-hybridized carbons (Fsp3) is 0.314. The van der Waals surface area contributed by atoms with Gasteiger partial charge in [0.05, 0.1) is 12.2 Å². The molecule has 2 atom stereocenters. The number of carboxylic acids is 1. The number of halogens is 1. The second-order valence-electron chi connectivity index (χ2n) is 11.5. The number of aliphatic carboxylic acids is 1. The van der Waals surface area contributed by atoms with Gasteiger partial charge in [-0.25, -0.2) is 4.39 Å². The molecule has 224 valence electrons. The first-order chi connectivity index (χ1) is 20.6. The number of carbonyl (C=O) groups excluding carboxylic acids is 2. The summed E-state index contributed by atoms with van der Waals surface area (Å²) in [5.41, 5.74) is 6.64. The summed E-state index contributed by atoms with van der Waals surface area (Å²) >= 11 is 0. The second kappa shape index (κ2) is 14.7. The number of carbonyl (C=O) groups is 2. The van der Waals surface area contributed by atoms with Gasteiger partial charge in [0.15, 0.2) is 0 Å². The zero-order valence-corrected chi connectivity index (χ0v) is 27.4. The summed E-state index contributed by atoms with van der Waals surface area (Å²) in [5.74, 6) is -1.88. The maximum Gasteiger partial charge on any atom is 1.00 e. The molecule has 2 heterocycles. The molecule has 7 nitrogen and oxygen atoms in total. The van der Waals surface area contributed by atoms with Gasteiger partial charge >= 0.3 is 29.6 Å². The maximum atomic E-state index is 14.6. The Kier molecular flexibility index (Phi) is 11.2. The van der Waals surface area contributed by atoms with Crippen LogP contribution < -0.4 is 34.7 Å². The number of amides is 1. The van der Waals surface area contributed by atoms with Gasteiger partial charge in [-0.3, -0.25) is 4.79 Å². The normalized spacial score (nSPS) is 13.8. The zero-order chi connectivity index (χ0) is 30.7. The molecule has 0 bridgehead atoms. The van der Waals surface area contributed by atoms with E-state index in [0.717, 1.165) is 39.1 Å². The minimum atomic E-state index is -1.38. The van der Waals surface area contributed by atoms with Crippen LogP contribution >= 0.6 is 0 Å². The van der Waals surface area contributed by atoms with Gasteiger partial charge in [0.25, 0.3) is 5.91 Å². The third-order valence-corrected chi connectivity index (χ3v) is 8.01. The van der Waals surface area contributed by atoms with Gasteiger partial charge in [0, 0.05) is 48.3 Å². The molecular formula is C35H36FN2NaO5. The van der Waals surface area contributed by atoms with E-state index >= 15 is 0 Å². The van der Waals surface area contributed by atoms with Crippen molar-refractivity contribution >= 4 is 11.9 Å². The van der Waals surface area contributed by atoms with Crippen LogP contribution in [0.1, 0.15) is 66.5 Å². The standard InChI is InChI=1S/C35H37FN2O5.Na/c1-22(2)38-30(17-16-28(39)18-29(40)19-31(41)42)32(24-12-14-27(36)15-13-24)33(23-8-4-3-5-9-23)34(38)35(43)37-20-25-10-6-7-11-26(25)21-37;/h3-15,22,28-29,39-40H,16-21H2,1-2H3,(H,41,42);/q;+1/p-1/t28-,29-;/m1./s1. The van der Waals surface area contributed by atoms with Crippen molar-refractivity contribution in [3.63, 3.8) is 0 Å². The van der Waals surface area contributed by atoms with Crippen molar-refractivity contribution in [1.29, 1.82) is 0 Å². The van der Waals surface area contributed by atoms with E-state index in [9.17, 15) is 29.3 Å². The number of nitrogens with zero attached hydrogens (tertiary/aromatic N) is 2. The first-order valence-corrected chi connectivity index (χ1v) is 14.6. The van der Waals surface area contributed by atoms with Crippen LogP contribution in [0.3, 0.4) is 0 Å². The number of aliphatic hydroxyl groups is 2. The van der Waals surface area contributed by atoms with E-state index in [4.69, 9.17) is 0 Å². The molecule has 0 radical (unpaired) electrons. The van der Waals surface area contributed by atoms with E-state index < -0.39 is 24.6 Å². The summed E-state index contributed by atoms with van der Waals surface area (Å²) in [6.07, 6.45) is -2.36. The van der Waals surface area contributed by atoms with Gasteiger partial charge in [0.1, 0.15) is 11.5 Å². The molecule has 4 aromatic rings. The van der Waals surface area contributed by atoms with Crippen LogP contribution in [0.2, 0.25) is 0 Å². The third-order valence-electron chi connectivity index (χ3n) is 8.01. The van der Waals surface area contributed by atoms with Crippen LogP contribution in [0.5, 0.6) is 0 Å². The number of carboxylic acid groups (broad SMARTS) is 1. The Hall–Kier alpha value is -3.27. The van der Waals surface area contributed by atoms with Gasteiger partial charge in [-0.05, 0) is 67.5 Å². The van der Waals surface area contributed by atoms with Crippen molar-refractivity contribution < 1.29 is 58.9 Å². The topological polar surface area (TPSA) is 106 Å². The van der Waals surface area contributed by atoms with Gasteiger partial charge < -0.3 is 29.6 Å². The number of aliphatic hydroxyl groups excluding tert-OH is 2. The Bertz CT molecular complexity index is 1580. The van der Waals surface area contributed by atoms with Crippen LogP contribution in [0.15, 0.2) is 78.9 Å². The van der Waals surface area contributed by atoms with E-state index in [0.29, 0.717) is 25.2 Å². The Morgan fingerprint density at radius 2 is 1.41 bits per heavy atom. The molecule has 1 aliphatic rings. The molecule has 1 amide bonds. The van der Waals surface area contributed by atoms with Gasteiger partial charge in [-0.15, -0.1) is 0 Å². The van der Waals surface area contributed by atoms with Crippen molar-refractivity contribution in [1.82, 2.24) is 9.47 Å². The van der Waals surface area contributed by atoms with Gasteiger partial charge in [-0.1, -0.05) is 66.7 Å². The molecule has 2 N–H and O–H groups in total. The fourth-order valence-electron chi connectivity index (χ4n) is 6.11. The predicted octanol–water partition coefficient (Wildman–Crippen LogP) is 1.89. The summed E-state index contributed by atoms with van der Waals surface area (Å²) in [4.78, 5) is 27.3. The van der Waals surface area contributed by atoms with Crippen molar-refractivity contribution in [2.45, 2.75) is 70.9 Å². The quantitative estimate of drug-likeness (QED) is 0.254. The van der Waals surface area contributed by atoms with Crippen molar-refractivity contribution in [2.24, 2.45) is 0 Å². The Morgan fingerprint density at radius 1 is 0.841 bits per heavy atom. The van der Waals surface area contributed by atoms with E-state index in [1.807, 2.05) is 77.9 Å². The second-order valence-corrected chi connectivity index (χ2v) is 11.5. The zero-order valence-electron chi connectivity index (χ0n) is 25.4. The summed E-state index contributed by atoms with van der Waals surface area (Å²) in [5, 5.41) is 31.8. The molecule has 0 spiro atoms. The van der Waals surface area contributed by atoms with Crippen LogP contribution in [-0.4, -0.2) is 43.8 Å². The van der Waals surface area contributed by atoms with Gasteiger partial charge in [-0.2, -0.15) is 0 Å². The van der Waals surface area contributed by atoms with Crippen molar-refractivity contribution in [2.75, 3.05) is 0 Å². The molecule has 0 saturated carbocycles.